The summed E-state index contributed by atoms with van der Waals surface area (Å²) in [5, 5.41) is 11.7. The average molecular weight is 551 g/mol. The van der Waals surface area contributed by atoms with Gasteiger partial charge in [-0.25, -0.2) is 17.8 Å². The molecule has 204 valence electrons. The van der Waals surface area contributed by atoms with Crippen LogP contribution in [0.2, 0.25) is 0 Å². The van der Waals surface area contributed by atoms with Crippen molar-refractivity contribution in [3.63, 3.8) is 0 Å². The second-order valence-electron chi connectivity index (χ2n) is 9.66. The van der Waals surface area contributed by atoms with Crippen LogP contribution in [0.5, 0.6) is 5.75 Å². The Hall–Kier alpha value is -3.80. The number of nitrogens with one attached hydrogen (secondary N) is 2. The van der Waals surface area contributed by atoms with E-state index < -0.39 is 15.5 Å². The molecule has 4 N–H and O–H groups in total. The number of nitrogens with two attached hydrogens (primary N) is 1. The molecule has 11 heteroatoms. The zero-order valence-electron chi connectivity index (χ0n) is 21.6. The Morgan fingerprint density at radius 2 is 2.00 bits per heavy atom. The predicted molar refractivity (Wildman–Crippen MR) is 151 cm³/mol. The second-order valence-corrected chi connectivity index (χ2v) is 11.9. The fourth-order valence-corrected chi connectivity index (χ4v) is 5.11. The molecular weight excluding hydrogens is 519 g/mol. The summed E-state index contributed by atoms with van der Waals surface area (Å²) in [4.78, 5) is 4.60. The lowest BCUT2D eigenvalue weighted by Crippen LogP contribution is -2.39. The highest BCUT2D eigenvalue weighted by atomic mass is 32.2. The number of benzene rings is 3. The Labute approximate surface area is 226 Å². The summed E-state index contributed by atoms with van der Waals surface area (Å²) in [6.45, 7) is 2.04. The number of nitrogens with zero attached hydrogens (tertiary/aromatic N) is 3. The molecule has 0 radical (unpaired) electrons. The molecule has 9 nitrogen and oxygen atoms in total. The fourth-order valence-electron chi connectivity index (χ4n) is 4.60. The summed E-state index contributed by atoms with van der Waals surface area (Å²) in [6.07, 6.45) is 5.34. The molecule has 0 amide bonds. The number of aromatic nitrogens is 2. The normalized spacial score (nSPS) is 16.7. The first-order valence-corrected chi connectivity index (χ1v) is 14.7. The van der Waals surface area contributed by atoms with Crippen LogP contribution in [0.3, 0.4) is 0 Å². The molecule has 2 heterocycles. The fraction of sp³-hybridized carbons (Fsp3) is 0.286. The smallest absolute Gasteiger partial charge is 0.163 e. The number of anilines is 1. The molecule has 0 saturated heterocycles. The Kier molecular flexibility index (Phi) is 7.65. The van der Waals surface area contributed by atoms with E-state index in [1.54, 1.807) is 18.6 Å². The summed E-state index contributed by atoms with van der Waals surface area (Å²) in [5.74, 6) is 0.548. The molecule has 0 aliphatic carbocycles. The maximum absolute atomic E-state index is 13.6. The molecule has 3 aromatic carbocycles. The SMILES string of the molecule is CS(=O)(=O)CCNCCCOc1ccc2c(c1)NC=NC2(N)c1ccc2c(cnn2Cc2cccc(F)c2)c1. The Morgan fingerprint density at radius 1 is 1.13 bits per heavy atom. The molecule has 5 rings (SSSR count). The molecule has 4 aromatic rings. The standard InChI is InChI=1S/C28H31FN6O3S/c1-39(36,37)13-11-31-10-3-12-38-24-7-8-25-26(16-24)32-19-33-28(25,30)22-6-9-27-21(15-22)17-34-35(27)18-20-4-2-5-23(29)14-20/h2,4-9,14-17,19,31H,3,10-13,18,30H2,1H3,(H,32,33). The number of hydrogen-bond acceptors (Lipinski definition) is 8. The van der Waals surface area contributed by atoms with Crippen molar-refractivity contribution in [3.8, 4) is 5.75 Å². The molecule has 1 aliphatic rings. The van der Waals surface area contributed by atoms with Crippen LogP contribution in [-0.4, -0.2) is 56.2 Å². The molecule has 1 unspecified atom stereocenters. The lowest BCUT2D eigenvalue weighted by Gasteiger charge is -2.31. The minimum absolute atomic E-state index is 0.122. The van der Waals surface area contributed by atoms with E-state index in [1.807, 2.05) is 47.1 Å². The first kappa shape index (κ1) is 26.8. The maximum Gasteiger partial charge on any atom is 0.163 e. The highest BCUT2D eigenvalue weighted by Gasteiger charge is 2.34. The summed E-state index contributed by atoms with van der Waals surface area (Å²) < 4.78 is 43.7. The van der Waals surface area contributed by atoms with Gasteiger partial charge in [-0.1, -0.05) is 18.2 Å². The number of hydrogen-bond donors (Lipinski definition) is 3. The van der Waals surface area contributed by atoms with Gasteiger partial charge in [0.05, 0.1) is 42.6 Å². The molecule has 39 heavy (non-hydrogen) atoms. The summed E-state index contributed by atoms with van der Waals surface area (Å²) in [5.41, 5.74) is 9.96. The van der Waals surface area contributed by atoms with Crippen molar-refractivity contribution >= 4 is 32.8 Å². The van der Waals surface area contributed by atoms with Crippen molar-refractivity contribution in [1.82, 2.24) is 15.1 Å². The quantitative estimate of drug-likeness (QED) is 0.245. The van der Waals surface area contributed by atoms with Gasteiger partial charge in [-0.15, -0.1) is 0 Å². The van der Waals surface area contributed by atoms with E-state index in [0.717, 1.165) is 39.7 Å². The lowest BCUT2D eigenvalue weighted by molar-refractivity contribution is 0.308. The predicted octanol–water partition coefficient (Wildman–Crippen LogP) is 3.24. The van der Waals surface area contributed by atoms with Crippen LogP contribution in [-0.2, 0) is 22.0 Å². The third-order valence-electron chi connectivity index (χ3n) is 6.61. The van der Waals surface area contributed by atoms with Crippen molar-refractivity contribution < 1.29 is 17.5 Å². The third kappa shape index (κ3) is 6.27. The van der Waals surface area contributed by atoms with Crippen LogP contribution < -0.4 is 21.1 Å². The lowest BCUT2D eigenvalue weighted by atomic mass is 9.89. The Balaban J connectivity index is 1.27. The molecule has 1 aromatic heterocycles. The van der Waals surface area contributed by atoms with Gasteiger partial charge in [0.1, 0.15) is 21.4 Å². The molecule has 0 fully saturated rings. The molecule has 0 bridgehead atoms. The number of fused-ring (bicyclic) bond motifs is 2. The van der Waals surface area contributed by atoms with Crippen molar-refractivity contribution in [2.45, 2.75) is 18.6 Å². The molecule has 1 aliphatic heterocycles. The van der Waals surface area contributed by atoms with Crippen LogP contribution in [0.1, 0.15) is 23.1 Å². The number of rotatable bonds is 11. The highest BCUT2D eigenvalue weighted by Crippen LogP contribution is 2.38. The van der Waals surface area contributed by atoms with Gasteiger partial charge < -0.3 is 15.4 Å². The van der Waals surface area contributed by atoms with Crippen LogP contribution in [0.4, 0.5) is 10.1 Å². The Morgan fingerprint density at radius 3 is 2.82 bits per heavy atom. The van der Waals surface area contributed by atoms with E-state index in [-0.39, 0.29) is 11.6 Å². The molecule has 0 saturated carbocycles. The van der Waals surface area contributed by atoms with E-state index in [9.17, 15) is 12.8 Å². The summed E-state index contributed by atoms with van der Waals surface area (Å²) in [6, 6.07) is 18.1. The van der Waals surface area contributed by atoms with Crippen LogP contribution in [0.25, 0.3) is 10.9 Å². The molecular formula is C28H31FN6O3S. The minimum Gasteiger partial charge on any atom is -0.493 e. The van der Waals surface area contributed by atoms with E-state index in [4.69, 9.17) is 10.5 Å². The van der Waals surface area contributed by atoms with E-state index in [1.165, 1.54) is 18.4 Å². The largest absolute Gasteiger partial charge is 0.493 e. The topological polar surface area (TPSA) is 124 Å². The highest BCUT2D eigenvalue weighted by molar-refractivity contribution is 7.90. The first-order valence-electron chi connectivity index (χ1n) is 12.7. The van der Waals surface area contributed by atoms with Crippen molar-refractivity contribution in [1.29, 1.82) is 0 Å². The van der Waals surface area contributed by atoms with Crippen LogP contribution in [0, 0.1) is 5.82 Å². The van der Waals surface area contributed by atoms with E-state index in [0.29, 0.717) is 32.0 Å². The monoisotopic (exact) mass is 550 g/mol. The second kappa shape index (κ2) is 11.1. The van der Waals surface area contributed by atoms with E-state index in [2.05, 4.69) is 20.7 Å². The van der Waals surface area contributed by atoms with Gasteiger partial charge in [-0.2, -0.15) is 5.10 Å². The minimum atomic E-state index is -2.96. The van der Waals surface area contributed by atoms with Gasteiger partial charge in [0.15, 0.2) is 5.66 Å². The van der Waals surface area contributed by atoms with Gasteiger partial charge in [-0.05, 0) is 60.5 Å². The number of halogens is 1. The molecule has 1 atom stereocenters. The van der Waals surface area contributed by atoms with Gasteiger partial charge in [0, 0.05) is 29.8 Å². The van der Waals surface area contributed by atoms with Crippen LogP contribution >= 0.6 is 0 Å². The van der Waals surface area contributed by atoms with Gasteiger partial charge in [0.2, 0.25) is 0 Å². The van der Waals surface area contributed by atoms with Gasteiger partial charge in [-0.3, -0.25) is 10.4 Å². The number of sulfone groups is 1. The average Bonchev–Trinajstić information content (AvgIpc) is 3.29. The summed E-state index contributed by atoms with van der Waals surface area (Å²) >= 11 is 0. The van der Waals surface area contributed by atoms with Crippen molar-refractivity contribution in [2.75, 3.05) is 37.0 Å². The van der Waals surface area contributed by atoms with Crippen molar-refractivity contribution in [2.24, 2.45) is 10.7 Å². The number of ether oxygens (including phenoxy) is 1. The zero-order chi connectivity index (χ0) is 27.5. The first-order chi connectivity index (χ1) is 18.7. The number of aliphatic imine (C=N–C) groups is 1. The molecule has 0 spiro atoms. The van der Waals surface area contributed by atoms with Crippen molar-refractivity contribution in [3.05, 3.63) is 89.4 Å². The third-order valence-corrected chi connectivity index (χ3v) is 7.56. The van der Waals surface area contributed by atoms with Crippen LogP contribution in [0.15, 0.2) is 71.9 Å². The van der Waals surface area contributed by atoms with Gasteiger partial charge >= 0.3 is 0 Å². The van der Waals surface area contributed by atoms with Gasteiger partial charge in [0.25, 0.3) is 0 Å². The summed E-state index contributed by atoms with van der Waals surface area (Å²) in [7, 11) is -2.96. The Bertz CT molecular complexity index is 1620. The zero-order valence-corrected chi connectivity index (χ0v) is 22.4. The maximum atomic E-state index is 13.6. The van der Waals surface area contributed by atoms with E-state index >= 15 is 0 Å².